The molecule has 0 aliphatic rings. The summed E-state index contributed by atoms with van der Waals surface area (Å²) in [5, 5.41) is 7.47. The van der Waals surface area contributed by atoms with Gasteiger partial charge in [0.05, 0.1) is 6.20 Å². The van der Waals surface area contributed by atoms with Gasteiger partial charge in [0.15, 0.2) is 0 Å². The Morgan fingerprint density at radius 1 is 1.28 bits per heavy atom. The zero-order chi connectivity index (χ0) is 17.6. The van der Waals surface area contributed by atoms with E-state index in [1.54, 1.807) is 6.20 Å². The second kappa shape index (κ2) is 7.74. The summed E-state index contributed by atoms with van der Waals surface area (Å²) in [5.74, 6) is 1.36. The van der Waals surface area contributed by atoms with Crippen LogP contribution in [0.2, 0.25) is 0 Å². The first kappa shape index (κ1) is 16.9. The highest BCUT2D eigenvalue weighted by atomic mass is 16.1. The van der Waals surface area contributed by atoms with E-state index in [1.165, 1.54) is 11.6 Å². The monoisotopic (exact) mass is 338 g/mol. The molecule has 7 heteroatoms. The Bertz CT molecular complexity index is 881. The lowest BCUT2D eigenvalue weighted by molar-refractivity contribution is 0.765. The van der Waals surface area contributed by atoms with Crippen LogP contribution in [0.4, 0.5) is 5.82 Å². The smallest absolute Gasteiger partial charge is 0.251 e. The number of hydrogen-bond donors (Lipinski definition) is 2. The predicted molar refractivity (Wildman–Crippen MR) is 97.5 cm³/mol. The Kier molecular flexibility index (Phi) is 5.23. The Morgan fingerprint density at radius 2 is 2.16 bits per heavy atom. The number of hydrogen-bond acceptors (Lipinski definition) is 5. The molecule has 25 heavy (non-hydrogen) atoms. The van der Waals surface area contributed by atoms with Crippen molar-refractivity contribution in [3.05, 3.63) is 58.4 Å². The molecule has 0 bridgehead atoms. The Balaban J connectivity index is 1.57. The third-order valence-electron chi connectivity index (χ3n) is 3.90. The summed E-state index contributed by atoms with van der Waals surface area (Å²) in [4.78, 5) is 23.3. The zero-order valence-corrected chi connectivity index (χ0v) is 14.5. The van der Waals surface area contributed by atoms with Crippen LogP contribution in [0.25, 0.3) is 11.4 Å². The van der Waals surface area contributed by atoms with Gasteiger partial charge in [-0.2, -0.15) is 5.10 Å². The number of aromatic amines is 1. The number of aryl methyl sites for hydroxylation is 3. The first-order valence-corrected chi connectivity index (χ1v) is 8.42. The van der Waals surface area contributed by atoms with Gasteiger partial charge in [-0.3, -0.25) is 9.48 Å². The molecule has 0 aliphatic carbocycles. The molecule has 0 aromatic carbocycles. The number of H-pyrrole nitrogens is 1. The second-order valence-corrected chi connectivity index (χ2v) is 5.92. The summed E-state index contributed by atoms with van der Waals surface area (Å²) in [7, 11) is 1.92. The number of anilines is 1. The molecule has 130 valence electrons. The van der Waals surface area contributed by atoms with E-state index in [9.17, 15) is 4.79 Å². The van der Waals surface area contributed by atoms with Crippen LogP contribution in [0.3, 0.4) is 0 Å². The predicted octanol–water partition coefficient (Wildman–Crippen LogP) is 2.17. The average Bonchev–Trinajstić information content (AvgIpc) is 3.04. The standard InChI is InChI=1S/C18H22N6O/c1-3-15-9-17(25)23-18(22-15)14-6-7-16(20-11-14)19-8-4-5-13-10-21-24(2)12-13/h6-7,9-12H,3-5,8H2,1-2H3,(H,19,20)(H,22,23,25). The van der Waals surface area contributed by atoms with Crippen molar-refractivity contribution in [2.24, 2.45) is 7.05 Å². The summed E-state index contributed by atoms with van der Waals surface area (Å²) in [6, 6.07) is 5.33. The van der Waals surface area contributed by atoms with Gasteiger partial charge in [0.2, 0.25) is 0 Å². The van der Waals surface area contributed by atoms with Crippen LogP contribution in [0.5, 0.6) is 0 Å². The molecule has 0 saturated heterocycles. The highest BCUT2D eigenvalue weighted by Crippen LogP contribution is 2.15. The molecule has 0 atom stereocenters. The molecule has 3 heterocycles. The van der Waals surface area contributed by atoms with Crippen molar-refractivity contribution in [1.29, 1.82) is 0 Å². The van der Waals surface area contributed by atoms with Gasteiger partial charge in [0.1, 0.15) is 11.6 Å². The summed E-state index contributed by atoms with van der Waals surface area (Å²) in [6.45, 7) is 2.81. The summed E-state index contributed by atoms with van der Waals surface area (Å²) < 4.78 is 1.81. The molecule has 3 aromatic heterocycles. The van der Waals surface area contributed by atoms with Gasteiger partial charge in [-0.15, -0.1) is 0 Å². The number of nitrogens with one attached hydrogen (secondary N) is 2. The molecule has 7 nitrogen and oxygen atoms in total. The van der Waals surface area contributed by atoms with Crippen LogP contribution >= 0.6 is 0 Å². The van der Waals surface area contributed by atoms with E-state index < -0.39 is 0 Å². The van der Waals surface area contributed by atoms with Gasteiger partial charge in [0, 0.05) is 43.3 Å². The normalized spacial score (nSPS) is 10.8. The molecule has 0 unspecified atom stereocenters. The van der Waals surface area contributed by atoms with Crippen molar-refractivity contribution in [3.63, 3.8) is 0 Å². The van der Waals surface area contributed by atoms with Gasteiger partial charge in [0.25, 0.3) is 5.56 Å². The molecule has 0 fully saturated rings. The van der Waals surface area contributed by atoms with Crippen LogP contribution < -0.4 is 10.9 Å². The molecule has 0 saturated carbocycles. The van der Waals surface area contributed by atoms with Crippen molar-refractivity contribution in [3.8, 4) is 11.4 Å². The summed E-state index contributed by atoms with van der Waals surface area (Å²) in [5.41, 5.74) is 2.67. The van der Waals surface area contributed by atoms with E-state index in [1.807, 2.05) is 43.2 Å². The minimum Gasteiger partial charge on any atom is -0.370 e. The molecule has 0 amide bonds. The van der Waals surface area contributed by atoms with Gasteiger partial charge >= 0.3 is 0 Å². The van der Waals surface area contributed by atoms with E-state index in [2.05, 4.69) is 25.4 Å². The Labute approximate surface area is 146 Å². The van der Waals surface area contributed by atoms with E-state index in [0.29, 0.717) is 5.82 Å². The topological polar surface area (TPSA) is 88.5 Å². The van der Waals surface area contributed by atoms with E-state index in [-0.39, 0.29) is 5.56 Å². The maximum absolute atomic E-state index is 11.7. The van der Waals surface area contributed by atoms with E-state index in [4.69, 9.17) is 0 Å². The highest BCUT2D eigenvalue weighted by molar-refractivity contribution is 5.55. The molecule has 0 spiro atoms. The molecule has 0 aliphatic heterocycles. The van der Waals surface area contributed by atoms with Gasteiger partial charge in [-0.1, -0.05) is 6.92 Å². The van der Waals surface area contributed by atoms with E-state index in [0.717, 1.165) is 42.9 Å². The first-order valence-electron chi connectivity index (χ1n) is 8.42. The van der Waals surface area contributed by atoms with Crippen molar-refractivity contribution < 1.29 is 0 Å². The van der Waals surface area contributed by atoms with Gasteiger partial charge in [-0.25, -0.2) is 9.97 Å². The number of nitrogens with zero attached hydrogens (tertiary/aromatic N) is 4. The largest absolute Gasteiger partial charge is 0.370 e. The summed E-state index contributed by atoms with van der Waals surface area (Å²) in [6.07, 6.45) is 8.36. The average molecular weight is 338 g/mol. The molecule has 3 rings (SSSR count). The number of pyridine rings is 1. The third-order valence-corrected chi connectivity index (χ3v) is 3.90. The minimum absolute atomic E-state index is 0.139. The lowest BCUT2D eigenvalue weighted by Crippen LogP contribution is -2.10. The van der Waals surface area contributed by atoms with Gasteiger partial charge in [-0.05, 0) is 37.0 Å². The van der Waals surface area contributed by atoms with Crippen molar-refractivity contribution >= 4 is 5.82 Å². The van der Waals surface area contributed by atoms with Crippen molar-refractivity contribution in [2.45, 2.75) is 26.2 Å². The first-order chi connectivity index (χ1) is 12.1. The Morgan fingerprint density at radius 3 is 2.84 bits per heavy atom. The summed E-state index contributed by atoms with van der Waals surface area (Å²) >= 11 is 0. The fourth-order valence-corrected chi connectivity index (χ4v) is 2.57. The number of aromatic nitrogens is 5. The molecule has 2 N–H and O–H groups in total. The van der Waals surface area contributed by atoms with Crippen LogP contribution in [0.15, 0.2) is 41.6 Å². The molecular weight excluding hydrogens is 316 g/mol. The highest BCUT2D eigenvalue weighted by Gasteiger charge is 2.04. The van der Waals surface area contributed by atoms with Crippen LogP contribution in [0.1, 0.15) is 24.6 Å². The van der Waals surface area contributed by atoms with Crippen molar-refractivity contribution in [1.82, 2.24) is 24.7 Å². The third kappa shape index (κ3) is 4.53. The zero-order valence-electron chi connectivity index (χ0n) is 14.5. The van der Waals surface area contributed by atoms with Crippen molar-refractivity contribution in [2.75, 3.05) is 11.9 Å². The molecular formula is C18H22N6O. The van der Waals surface area contributed by atoms with Gasteiger partial charge < -0.3 is 10.3 Å². The lowest BCUT2D eigenvalue weighted by Gasteiger charge is -2.07. The maximum Gasteiger partial charge on any atom is 0.251 e. The van der Waals surface area contributed by atoms with Crippen LogP contribution in [-0.4, -0.2) is 31.3 Å². The van der Waals surface area contributed by atoms with Crippen LogP contribution in [-0.2, 0) is 19.9 Å². The van der Waals surface area contributed by atoms with E-state index >= 15 is 0 Å². The maximum atomic E-state index is 11.7. The van der Waals surface area contributed by atoms with Crippen LogP contribution in [0, 0.1) is 0 Å². The Hall–Kier alpha value is -2.96. The lowest BCUT2D eigenvalue weighted by atomic mass is 10.2. The molecule has 0 radical (unpaired) electrons. The quantitative estimate of drug-likeness (QED) is 0.645. The molecule has 3 aromatic rings. The SMILES string of the molecule is CCc1cc(=O)[nH]c(-c2ccc(NCCCc3cnn(C)c3)nc2)n1. The second-order valence-electron chi connectivity index (χ2n) is 5.92. The fraction of sp³-hybridized carbons (Fsp3) is 0.333. The minimum atomic E-state index is -0.139. The number of rotatable bonds is 7. The fourth-order valence-electron chi connectivity index (χ4n) is 2.57.